The standard InChI is InChI=1S/C23H23F2NO4/c24-23(25)11-5-6-14(23)12-20(21(27)28)26-22(29)30-13-19-17-9-3-1-7-15(17)16-8-2-4-10-18(16)19/h1-4,7-10,14,19-20H,5-6,11-13H2,(H,26,29)(H,27,28). The molecule has 2 aliphatic rings. The molecule has 0 heterocycles. The summed E-state index contributed by atoms with van der Waals surface area (Å²) in [7, 11) is 0. The molecule has 1 saturated carbocycles. The SMILES string of the molecule is O=C(NC(CC1CCCC1(F)F)C(=O)O)OCC1c2ccccc2-c2ccccc21. The number of carbonyl (C=O) groups is 2. The van der Waals surface area contributed by atoms with Gasteiger partial charge in [-0.05, 0) is 41.5 Å². The van der Waals surface area contributed by atoms with E-state index in [9.17, 15) is 23.5 Å². The van der Waals surface area contributed by atoms with E-state index in [1.54, 1.807) is 0 Å². The number of halogens is 2. The minimum absolute atomic E-state index is 0.0335. The molecule has 1 amide bonds. The molecule has 2 unspecified atom stereocenters. The molecule has 2 aromatic rings. The maximum absolute atomic E-state index is 13.9. The number of carboxylic acids is 1. The predicted octanol–water partition coefficient (Wildman–Crippen LogP) is 4.80. The summed E-state index contributed by atoms with van der Waals surface area (Å²) in [6.07, 6.45) is -0.856. The summed E-state index contributed by atoms with van der Waals surface area (Å²) in [5, 5.41) is 11.6. The van der Waals surface area contributed by atoms with Crippen LogP contribution in [0.4, 0.5) is 13.6 Å². The van der Waals surface area contributed by atoms with Crippen molar-refractivity contribution in [2.45, 2.75) is 43.6 Å². The second kappa shape index (κ2) is 8.05. The normalized spacial score (nSPS) is 20.3. The van der Waals surface area contributed by atoms with Crippen LogP contribution < -0.4 is 5.32 Å². The van der Waals surface area contributed by atoms with Crippen molar-refractivity contribution in [3.8, 4) is 11.1 Å². The molecule has 158 valence electrons. The second-order valence-electron chi connectivity index (χ2n) is 7.95. The Kier molecular flexibility index (Phi) is 5.45. The van der Waals surface area contributed by atoms with Gasteiger partial charge in [0.2, 0.25) is 0 Å². The summed E-state index contributed by atoms with van der Waals surface area (Å²) >= 11 is 0. The van der Waals surface area contributed by atoms with Gasteiger partial charge in [-0.1, -0.05) is 48.5 Å². The molecule has 0 spiro atoms. The van der Waals surface area contributed by atoms with Gasteiger partial charge < -0.3 is 15.2 Å². The number of carboxylic acid groups (broad SMARTS) is 1. The van der Waals surface area contributed by atoms with Gasteiger partial charge in [0.25, 0.3) is 5.92 Å². The average Bonchev–Trinajstić information content (AvgIpc) is 3.22. The molecular weight excluding hydrogens is 392 g/mol. The summed E-state index contributed by atoms with van der Waals surface area (Å²) in [5.41, 5.74) is 4.22. The Bertz CT molecular complexity index is 916. The topological polar surface area (TPSA) is 75.6 Å². The second-order valence-corrected chi connectivity index (χ2v) is 7.95. The molecule has 2 aliphatic carbocycles. The van der Waals surface area contributed by atoms with Crippen molar-refractivity contribution >= 4 is 12.1 Å². The summed E-state index contributed by atoms with van der Waals surface area (Å²) in [6.45, 7) is 0.0335. The highest BCUT2D eigenvalue weighted by Gasteiger charge is 2.45. The Labute approximate surface area is 173 Å². The molecule has 4 rings (SSSR count). The minimum Gasteiger partial charge on any atom is -0.480 e. The maximum Gasteiger partial charge on any atom is 0.407 e. The van der Waals surface area contributed by atoms with Gasteiger partial charge in [0, 0.05) is 18.3 Å². The lowest BCUT2D eigenvalue weighted by Gasteiger charge is -2.23. The molecule has 7 heteroatoms. The van der Waals surface area contributed by atoms with Crippen LogP contribution >= 0.6 is 0 Å². The highest BCUT2D eigenvalue weighted by atomic mass is 19.3. The van der Waals surface area contributed by atoms with Crippen LogP contribution in [-0.2, 0) is 9.53 Å². The Morgan fingerprint density at radius 3 is 2.23 bits per heavy atom. The number of benzene rings is 2. The number of nitrogens with one attached hydrogen (secondary N) is 1. The molecule has 30 heavy (non-hydrogen) atoms. The maximum atomic E-state index is 13.9. The number of hydrogen-bond acceptors (Lipinski definition) is 3. The van der Waals surface area contributed by atoms with Gasteiger partial charge in [-0.15, -0.1) is 0 Å². The fraction of sp³-hybridized carbons (Fsp3) is 0.391. The number of fused-ring (bicyclic) bond motifs is 3. The van der Waals surface area contributed by atoms with Crippen LogP contribution in [0.5, 0.6) is 0 Å². The fourth-order valence-electron chi connectivity index (χ4n) is 4.58. The van der Waals surface area contributed by atoms with Crippen LogP contribution in [0.2, 0.25) is 0 Å². The molecule has 0 radical (unpaired) electrons. The van der Waals surface area contributed by atoms with E-state index < -0.39 is 29.9 Å². The monoisotopic (exact) mass is 415 g/mol. The van der Waals surface area contributed by atoms with E-state index in [0.717, 1.165) is 22.3 Å². The molecule has 0 aliphatic heterocycles. The predicted molar refractivity (Wildman–Crippen MR) is 107 cm³/mol. The van der Waals surface area contributed by atoms with Gasteiger partial charge in [0.15, 0.2) is 0 Å². The number of ether oxygens (including phenoxy) is 1. The summed E-state index contributed by atoms with van der Waals surface area (Å²) in [5.74, 6) is -5.44. The summed E-state index contributed by atoms with van der Waals surface area (Å²) < 4.78 is 33.1. The number of alkyl carbamates (subject to hydrolysis) is 1. The third-order valence-electron chi connectivity index (χ3n) is 6.11. The molecule has 5 nitrogen and oxygen atoms in total. The highest BCUT2D eigenvalue weighted by Crippen LogP contribution is 2.45. The Hall–Kier alpha value is -2.96. The molecule has 0 bridgehead atoms. The number of aliphatic carboxylic acids is 1. The molecule has 2 N–H and O–H groups in total. The third kappa shape index (κ3) is 3.88. The van der Waals surface area contributed by atoms with Crippen LogP contribution in [0.1, 0.15) is 42.7 Å². The quantitative estimate of drug-likeness (QED) is 0.710. The lowest BCUT2D eigenvalue weighted by molar-refractivity contribution is -0.140. The molecule has 2 aromatic carbocycles. The molecule has 1 fully saturated rings. The first kappa shape index (κ1) is 20.3. The third-order valence-corrected chi connectivity index (χ3v) is 6.11. The molecule has 0 saturated heterocycles. The van der Waals surface area contributed by atoms with Crippen LogP contribution in [-0.4, -0.2) is 35.7 Å². The van der Waals surface area contributed by atoms with Crippen molar-refractivity contribution in [3.63, 3.8) is 0 Å². The first-order valence-corrected chi connectivity index (χ1v) is 10.1. The number of hydrogen-bond donors (Lipinski definition) is 2. The zero-order valence-corrected chi connectivity index (χ0v) is 16.3. The zero-order chi connectivity index (χ0) is 21.3. The van der Waals surface area contributed by atoms with E-state index in [1.807, 2.05) is 48.5 Å². The smallest absolute Gasteiger partial charge is 0.407 e. The van der Waals surface area contributed by atoms with Crippen molar-refractivity contribution in [2.75, 3.05) is 6.61 Å². The Morgan fingerprint density at radius 1 is 1.10 bits per heavy atom. The Morgan fingerprint density at radius 2 is 1.70 bits per heavy atom. The first-order valence-electron chi connectivity index (χ1n) is 10.1. The van der Waals surface area contributed by atoms with Crippen molar-refractivity contribution in [1.82, 2.24) is 5.32 Å². The van der Waals surface area contributed by atoms with E-state index in [-0.39, 0.29) is 31.8 Å². The van der Waals surface area contributed by atoms with Crippen molar-refractivity contribution < 1.29 is 28.2 Å². The van der Waals surface area contributed by atoms with E-state index in [4.69, 9.17) is 4.74 Å². The van der Waals surface area contributed by atoms with Gasteiger partial charge in [0.1, 0.15) is 12.6 Å². The number of amides is 1. The van der Waals surface area contributed by atoms with Crippen LogP contribution in [0, 0.1) is 5.92 Å². The summed E-state index contributed by atoms with van der Waals surface area (Å²) in [4.78, 5) is 23.8. The van der Waals surface area contributed by atoms with Gasteiger partial charge in [0.05, 0.1) is 0 Å². The first-order chi connectivity index (χ1) is 14.4. The van der Waals surface area contributed by atoms with Crippen molar-refractivity contribution in [2.24, 2.45) is 5.92 Å². The van der Waals surface area contributed by atoms with E-state index in [1.165, 1.54) is 0 Å². The van der Waals surface area contributed by atoms with Crippen LogP contribution in [0.3, 0.4) is 0 Å². The van der Waals surface area contributed by atoms with Gasteiger partial charge >= 0.3 is 12.1 Å². The van der Waals surface area contributed by atoms with Gasteiger partial charge in [-0.2, -0.15) is 0 Å². The van der Waals surface area contributed by atoms with Crippen LogP contribution in [0.15, 0.2) is 48.5 Å². The minimum atomic E-state index is -2.89. The molecule has 2 atom stereocenters. The van der Waals surface area contributed by atoms with Gasteiger partial charge in [-0.25, -0.2) is 18.4 Å². The molecule has 0 aromatic heterocycles. The van der Waals surface area contributed by atoms with E-state index in [2.05, 4.69) is 5.32 Å². The highest BCUT2D eigenvalue weighted by molar-refractivity contribution is 5.81. The fourth-order valence-corrected chi connectivity index (χ4v) is 4.58. The average molecular weight is 415 g/mol. The lowest BCUT2D eigenvalue weighted by atomic mass is 9.96. The van der Waals surface area contributed by atoms with Crippen molar-refractivity contribution in [1.29, 1.82) is 0 Å². The van der Waals surface area contributed by atoms with E-state index >= 15 is 0 Å². The summed E-state index contributed by atoms with van der Waals surface area (Å²) in [6, 6.07) is 14.3. The number of carbonyl (C=O) groups excluding carboxylic acids is 1. The zero-order valence-electron chi connectivity index (χ0n) is 16.3. The Balaban J connectivity index is 1.41. The number of alkyl halides is 2. The van der Waals surface area contributed by atoms with E-state index in [0.29, 0.717) is 6.42 Å². The van der Waals surface area contributed by atoms with Crippen molar-refractivity contribution in [3.05, 3.63) is 59.7 Å². The molecular formula is C23H23F2NO4. The van der Waals surface area contributed by atoms with Crippen LogP contribution in [0.25, 0.3) is 11.1 Å². The largest absolute Gasteiger partial charge is 0.480 e. The lowest BCUT2D eigenvalue weighted by Crippen LogP contribution is -2.44. The number of rotatable bonds is 6. The van der Waals surface area contributed by atoms with Gasteiger partial charge in [-0.3, -0.25) is 0 Å².